The Morgan fingerprint density at radius 2 is 1.71 bits per heavy atom. The highest BCUT2D eigenvalue weighted by molar-refractivity contribution is 5.84. The molecule has 0 N–H and O–H groups in total. The lowest BCUT2D eigenvalue weighted by atomic mass is 9.93. The van der Waals surface area contributed by atoms with Crippen molar-refractivity contribution in [1.82, 2.24) is 0 Å². The van der Waals surface area contributed by atoms with Crippen LogP contribution in [-0.2, 0) is 9.47 Å². The molecule has 0 aromatic heterocycles. The number of benzene rings is 2. The van der Waals surface area contributed by atoms with Crippen LogP contribution in [0.25, 0.3) is 5.57 Å². The van der Waals surface area contributed by atoms with Crippen molar-refractivity contribution in [2.75, 3.05) is 38.8 Å². The summed E-state index contributed by atoms with van der Waals surface area (Å²) in [6.45, 7) is 4.79. The average Bonchev–Trinajstić information content (AvgIpc) is 2.75. The molecule has 2 aromatic rings. The van der Waals surface area contributed by atoms with Gasteiger partial charge in [0.1, 0.15) is 12.4 Å². The molecule has 0 aliphatic carbocycles. The van der Waals surface area contributed by atoms with E-state index in [1.807, 2.05) is 0 Å². The average molecular weight is 380 g/mol. The van der Waals surface area contributed by atoms with Crippen molar-refractivity contribution in [2.24, 2.45) is 5.92 Å². The zero-order chi connectivity index (χ0) is 19.5. The van der Waals surface area contributed by atoms with Crippen LogP contribution in [0, 0.1) is 12.8 Å². The predicted octanol–water partition coefficient (Wildman–Crippen LogP) is 4.65. The van der Waals surface area contributed by atoms with E-state index in [4.69, 9.17) is 14.2 Å². The minimum atomic E-state index is -0.0892. The van der Waals surface area contributed by atoms with Crippen molar-refractivity contribution in [3.63, 3.8) is 0 Å². The number of piperidine rings is 1. The highest BCUT2D eigenvalue weighted by Gasteiger charge is 2.26. The molecule has 4 rings (SSSR count). The maximum absolute atomic E-state index is 5.82. The van der Waals surface area contributed by atoms with Crippen LogP contribution in [-0.4, -0.2) is 40.2 Å². The fourth-order valence-corrected chi connectivity index (χ4v) is 4.33. The molecular weight excluding hydrogens is 350 g/mol. The monoisotopic (exact) mass is 379 g/mol. The first-order chi connectivity index (χ1) is 13.7. The second-order valence-electron chi connectivity index (χ2n) is 7.64. The molecule has 148 valence electrons. The summed E-state index contributed by atoms with van der Waals surface area (Å²) in [5.74, 6) is 1.45. The molecule has 2 aromatic carbocycles. The van der Waals surface area contributed by atoms with E-state index >= 15 is 0 Å². The molecule has 4 nitrogen and oxygen atoms in total. The van der Waals surface area contributed by atoms with Gasteiger partial charge in [-0.2, -0.15) is 0 Å². The highest BCUT2D eigenvalue weighted by Crippen LogP contribution is 2.36. The lowest BCUT2D eigenvalue weighted by Gasteiger charge is -2.36. The number of rotatable bonds is 5. The maximum Gasteiger partial charge on any atom is 0.159 e. The molecule has 0 radical (unpaired) electrons. The van der Waals surface area contributed by atoms with E-state index in [-0.39, 0.29) is 6.29 Å². The van der Waals surface area contributed by atoms with E-state index in [0.717, 1.165) is 31.7 Å². The third kappa shape index (κ3) is 3.80. The summed E-state index contributed by atoms with van der Waals surface area (Å²) in [7, 11) is 3.45. The Bertz CT molecular complexity index is 831. The molecule has 0 amide bonds. The quantitative estimate of drug-likeness (QED) is 0.708. The van der Waals surface area contributed by atoms with Gasteiger partial charge in [-0.3, -0.25) is 0 Å². The Morgan fingerprint density at radius 1 is 1.00 bits per heavy atom. The van der Waals surface area contributed by atoms with Crippen molar-refractivity contribution in [3.05, 3.63) is 65.2 Å². The van der Waals surface area contributed by atoms with Crippen LogP contribution in [0.3, 0.4) is 0 Å². The largest absolute Gasteiger partial charge is 0.489 e. The molecule has 1 fully saturated rings. The summed E-state index contributed by atoms with van der Waals surface area (Å²) in [4.78, 5) is 2.46. The molecule has 0 saturated carbocycles. The van der Waals surface area contributed by atoms with Crippen molar-refractivity contribution < 1.29 is 14.2 Å². The first-order valence-electron chi connectivity index (χ1n) is 10.0. The smallest absolute Gasteiger partial charge is 0.159 e. The van der Waals surface area contributed by atoms with E-state index in [2.05, 4.69) is 60.4 Å². The zero-order valence-corrected chi connectivity index (χ0v) is 17.0. The minimum absolute atomic E-state index is 0.0892. The minimum Gasteiger partial charge on any atom is -0.489 e. The summed E-state index contributed by atoms with van der Waals surface area (Å²) in [5.41, 5.74) is 6.18. The Balaban J connectivity index is 1.46. The van der Waals surface area contributed by atoms with Gasteiger partial charge >= 0.3 is 0 Å². The highest BCUT2D eigenvalue weighted by atomic mass is 16.7. The van der Waals surface area contributed by atoms with Crippen molar-refractivity contribution in [2.45, 2.75) is 26.1 Å². The van der Waals surface area contributed by atoms with Crippen LogP contribution < -0.4 is 9.64 Å². The van der Waals surface area contributed by atoms with E-state index < -0.39 is 0 Å². The SMILES string of the molecule is COC(OC)C1CCN(c2ccc(C3=CCOc4cc(C)ccc43)cc2)CC1. The van der Waals surface area contributed by atoms with E-state index in [9.17, 15) is 0 Å². The van der Waals surface area contributed by atoms with Gasteiger partial charge < -0.3 is 19.1 Å². The van der Waals surface area contributed by atoms with E-state index in [0.29, 0.717) is 12.5 Å². The van der Waals surface area contributed by atoms with Crippen molar-refractivity contribution in [1.29, 1.82) is 0 Å². The van der Waals surface area contributed by atoms with Gasteiger partial charge in [-0.1, -0.05) is 24.3 Å². The Labute approximate surface area is 167 Å². The molecule has 1 saturated heterocycles. The summed E-state index contributed by atoms with van der Waals surface area (Å²) in [6, 6.07) is 15.4. The summed E-state index contributed by atoms with van der Waals surface area (Å²) < 4.78 is 16.7. The number of ether oxygens (including phenoxy) is 3. The van der Waals surface area contributed by atoms with Crippen LogP contribution in [0.2, 0.25) is 0 Å². The third-order valence-corrected chi connectivity index (χ3v) is 5.89. The number of fused-ring (bicyclic) bond motifs is 1. The molecule has 2 aliphatic rings. The van der Waals surface area contributed by atoms with Gasteiger partial charge in [0.25, 0.3) is 0 Å². The van der Waals surface area contributed by atoms with Crippen LogP contribution in [0.1, 0.15) is 29.5 Å². The van der Waals surface area contributed by atoms with Gasteiger partial charge in [-0.15, -0.1) is 0 Å². The molecule has 28 heavy (non-hydrogen) atoms. The van der Waals surface area contributed by atoms with Gasteiger partial charge in [0, 0.05) is 44.5 Å². The van der Waals surface area contributed by atoms with E-state index in [1.165, 1.54) is 28.0 Å². The molecule has 0 unspecified atom stereocenters. The number of nitrogens with zero attached hydrogens (tertiary/aromatic N) is 1. The summed E-state index contributed by atoms with van der Waals surface area (Å²) in [5, 5.41) is 0. The number of methoxy groups -OCH3 is 2. The molecule has 2 aliphatic heterocycles. The Morgan fingerprint density at radius 3 is 2.39 bits per heavy atom. The third-order valence-electron chi connectivity index (χ3n) is 5.89. The molecule has 0 spiro atoms. The van der Waals surface area contributed by atoms with Crippen LogP contribution in [0.15, 0.2) is 48.5 Å². The fraction of sp³-hybridized carbons (Fsp3) is 0.417. The fourth-order valence-electron chi connectivity index (χ4n) is 4.33. The van der Waals surface area contributed by atoms with Gasteiger partial charge in [-0.05, 0) is 60.7 Å². The summed E-state index contributed by atoms with van der Waals surface area (Å²) >= 11 is 0. The second-order valence-corrected chi connectivity index (χ2v) is 7.64. The molecular formula is C24H29NO3. The number of anilines is 1. The second kappa shape index (κ2) is 8.38. The number of hydrogen-bond acceptors (Lipinski definition) is 4. The lowest BCUT2D eigenvalue weighted by molar-refractivity contribution is -0.141. The first-order valence-corrected chi connectivity index (χ1v) is 10.0. The van der Waals surface area contributed by atoms with Gasteiger partial charge in [0.05, 0.1) is 0 Å². The number of hydrogen-bond donors (Lipinski definition) is 0. The molecule has 2 heterocycles. The molecule has 0 bridgehead atoms. The van der Waals surface area contributed by atoms with E-state index in [1.54, 1.807) is 14.2 Å². The predicted molar refractivity (Wildman–Crippen MR) is 113 cm³/mol. The standard InChI is InChI=1S/C24H29NO3/c1-17-4-9-22-21(12-15-28-23(22)16-17)18-5-7-20(8-6-18)25-13-10-19(11-14-25)24(26-2)27-3/h4-9,12,16,19,24H,10-11,13-15H2,1-3H3. The molecule has 4 heteroatoms. The first kappa shape index (κ1) is 19.0. The van der Waals surface area contributed by atoms with Crippen LogP contribution >= 0.6 is 0 Å². The zero-order valence-electron chi connectivity index (χ0n) is 17.0. The maximum atomic E-state index is 5.82. The van der Waals surface area contributed by atoms with Crippen LogP contribution in [0.5, 0.6) is 5.75 Å². The van der Waals surface area contributed by atoms with Gasteiger partial charge in [-0.25, -0.2) is 0 Å². The van der Waals surface area contributed by atoms with Crippen molar-refractivity contribution in [3.8, 4) is 5.75 Å². The summed E-state index contributed by atoms with van der Waals surface area (Å²) in [6.07, 6.45) is 4.26. The van der Waals surface area contributed by atoms with Crippen LogP contribution in [0.4, 0.5) is 5.69 Å². The Hall–Kier alpha value is -2.30. The normalized spacial score (nSPS) is 17.3. The Kier molecular flexibility index (Phi) is 5.69. The number of aryl methyl sites for hydroxylation is 1. The lowest BCUT2D eigenvalue weighted by Crippen LogP contribution is -2.39. The van der Waals surface area contributed by atoms with Gasteiger partial charge in [0.15, 0.2) is 6.29 Å². The van der Waals surface area contributed by atoms with Crippen molar-refractivity contribution >= 4 is 11.3 Å². The topological polar surface area (TPSA) is 30.9 Å². The molecule has 0 atom stereocenters. The van der Waals surface area contributed by atoms with Gasteiger partial charge in [0.2, 0.25) is 0 Å².